The summed E-state index contributed by atoms with van der Waals surface area (Å²) < 4.78 is 10.1. The van der Waals surface area contributed by atoms with Crippen LogP contribution in [-0.2, 0) is 0 Å². The number of rotatable bonds is 9. The van der Waals surface area contributed by atoms with E-state index in [4.69, 9.17) is 27.9 Å². The van der Waals surface area contributed by atoms with Gasteiger partial charge in [0.25, 0.3) is 0 Å². The molecule has 206 valence electrons. The lowest BCUT2D eigenvalue weighted by Crippen LogP contribution is -2.38. The topological polar surface area (TPSA) is 95.6 Å². The van der Waals surface area contributed by atoms with E-state index < -0.39 is 23.7 Å². The Hall–Kier alpha value is -3.95. The number of halogens is 2. The number of aromatic nitrogens is 7. The van der Waals surface area contributed by atoms with Gasteiger partial charge in [0, 0.05) is 15.7 Å². The van der Waals surface area contributed by atoms with Crippen molar-refractivity contribution in [2.24, 2.45) is 5.41 Å². The lowest BCUT2D eigenvalue weighted by Gasteiger charge is -2.37. The quantitative estimate of drug-likeness (QED) is 0.203. The van der Waals surface area contributed by atoms with E-state index in [2.05, 4.69) is 70.8 Å². The van der Waals surface area contributed by atoms with Gasteiger partial charge in [0.1, 0.15) is 30.5 Å². The SMILES string of the molecule is Cc1ccc(N[C@H](c2cccc(Cl)c2)c2nnnn2[C@@H]([C@@H](Oc2ccc(Cl)cc2)n2cncn2)C(C)(C)C)cc1. The molecule has 5 aromatic rings. The highest BCUT2D eigenvalue weighted by Gasteiger charge is 2.41. The summed E-state index contributed by atoms with van der Waals surface area (Å²) in [5.41, 5.74) is 2.60. The van der Waals surface area contributed by atoms with E-state index in [1.807, 2.05) is 53.2 Å². The highest BCUT2D eigenvalue weighted by atomic mass is 35.5. The van der Waals surface area contributed by atoms with Crippen molar-refractivity contribution < 1.29 is 4.74 Å². The van der Waals surface area contributed by atoms with Crippen LogP contribution in [0.5, 0.6) is 5.75 Å². The van der Waals surface area contributed by atoms with Crippen molar-refractivity contribution in [2.45, 2.75) is 46.0 Å². The van der Waals surface area contributed by atoms with Crippen molar-refractivity contribution in [2.75, 3.05) is 5.32 Å². The Morgan fingerprint density at radius 3 is 2.33 bits per heavy atom. The normalized spacial score (nSPS) is 13.9. The van der Waals surface area contributed by atoms with E-state index in [9.17, 15) is 0 Å². The molecule has 0 spiro atoms. The van der Waals surface area contributed by atoms with Crippen LogP contribution in [0.4, 0.5) is 5.69 Å². The molecule has 0 aliphatic rings. The smallest absolute Gasteiger partial charge is 0.215 e. The second kappa shape index (κ2) is 11.7. The van der Waals surface area contributed by atoms with Gasteiger partial charge in [-0.15, -0.1) is 5.10 Å². The first kappa shape index (κ1) is 27.6. The molecule has 0 fully saturated rings. The second-order valence-electron chi connectivity index (χ2n) is 10.6. The van der Waals surface area contributed by atoms with Gasteiger partial charge in [-0.1, -0.05) is 73.8 Å². The molecule has 11 heteroatoms. The zero-order valence-corrected chi connectivity index (χ0v) is 24.1. The van der Waals surface area contributed by atoms with Crippen LogP contribution >= 0.6 is 23.2 Å². The average molecular weight is 578 g/mol. The minimum Gasteiger partial charge on any atom is -0.466 e. The van der Waals surface area contributed by atoms with Gasteiger partial charge in [0.2, 0.25) is 6.23 Å². The number of hydrogen-bond donors (Lipinski definition) is 1. The molecule has 0 aliphatic heterocycles. The summed E-state index contributed by atoms with van der Waals surface area (Å²) in [6.07, 6.45) is 2.46. The third kappa shape index (κ3) is 6.26. The fourth-order valence-electron chi connectivity index (χ4n) is 4.57. The maximum atomic E-state index is 6.56. The first-order valence-electron chi connectivity index (χ1n) is 12.8. The molecule has 1 N–H and O–H groups in total. The van der Waals surface area contributed by atoms with Crippen LogP contribution in [0.25, 0.3) is 0 Å². The Morgan fingerprint density at radius 2 is 1.68 bits per heavy atom. The minimum absolute atomic E-state index is 0.393. The number of hydrogen-bond acceptors (Lipinski definition) is 7. The van der Waals surface area contributed by atoms with E-state index in [0.29, 0.717) is 21.6 Å². The zero-order valence-electron chi connectivity index (χ0n) is 22.6. The van der Waals surface area contributed by atoms with Gasteiger partial charge in [0.05, 0.1) is 0 Å². The summed E-state index contributed by atoms with van der Waals surface area (Å²) >= 11 is 12.6. The van der Waals surface area contributed by atoms with Crippen LogP contribution < -0.4 is 10.1 Å². The van der Waals surface area contributed by atoms with Gasteiger partial charge in [-0.3, -0.25) is 0 Å². The summed E-state index contributed by atoms with van der Waals surface area (Å²) in [5.74, 6) is 1.21. The molecule has 2 heterocycles. The molecule has 2 aromatic heterocycles. The van der Waals surface area contributed by atoms with Crippen LogP contribution in [0.1, 0.15) is 56.0 Å². The van der Waals surface area contributed by atoms with Gasteiger partial charge >= 0.3 is 0 Å². The molecule has 0 saturated carbocycles. The summed E-state index contributed by atoms with van der Waals surface area (Å²) in [6, 6.07) is 22.2. The van der Waals surface area contributed by atoms with E-state index in [1.54, 1.807) is 23.1 Å². The summed E-state index contributed by atoms with van der Waals surface area (Å²) in [6.45, 7) is 8.39. The molecular weight excluding hydrogens is 547 g/mol. The third-order valence-electron chi connectivity index (χ3n) is 6.51. The minimum atomic E-state index is -0.648. The molecule has 0 saturated heterocycles. The Balaban J connectivity index is 1.63. The van der Waals surface area contributed by atoms with Crippen LogP contribution in [0.3, 0.4) is 0 Å². The monoisotopic (exact) mass is 576 g/mol. The van der Waals surface area contributed by atoms with Crippen LogP contribution in [0, 0.1) is 12.3 Å². The van der Waals surface area contributed by atoms with E-state index in [-0.39, 0.29) is 0 Å². The number of aryl methyl sites for hydroxylation is 1. The maximum absolute atomic E-state index is 6.56. The van der Waals surface area contributed by atoms with Crippen molar-refractivity contribution in [3.05, 3.63) is 112 Å². The van der Waals surface area contributed by atoms with Crippen LogP contribution in [0.15, 0.2) is 85.5 Å². The van der Waals surface area contributed by atoms with E-state index in [1.165, 1.54) is 6.33 Å². The van der Waals surface area contributed by atoms with Crippen LogP contribution in [-0.4, -0.2) is 35.0 Å². The molecule has 0 radical (unpaired) electrons. The van der Waals surface area contributed by atoms with Crippen molar-refractivity contribution in [1.29, 1.82) is 0 Å². The Kier molecular flexibility index (Phi) is 8.04. The number of nitrogens with zero attached hydrogens (tertiary/aromatic N) is 7. The predicted molar refractivity (Wildman–Crippen MR) is 156 cm³/mol. The summed E-state index contributed by atoms with van der Waals surface area (Å²) in [7, 11) is 0. The van der Waals surface area contributed by atoms with Crippen molar-refractivity contribution >= 4 is 28.9 Å². The lowest BCUT2D eigenvalue weighted by molar-refractivity contribution is -0.000433. The fraction of sp³-hybridized carbons (Fsp3) is 0.276. The number of nitrogens with one attached hydrogen (secondary N) is 1. The Bertz CT molecular complexity index is 1530. The molecule has 0 amide bonds. The average Bonchev–Trinajstić information content (AvgIpc) is 3.61. The highest BCUT2D eigenvalue weighted by Crippen LogP contribution is 2.42. The maximum Gasteiger partial charge on any atom is 0.215 e. The molecule has 3 aromatic carbocycles. The van der Waals surface area contributed by atoms with E-state index >= 15 is 0 Å². The molecule has 5 rings (SSSR count). The van der Waals surface area contributed by atoms with E-state index in [0.717, 1.165) is 16.8 Å². The number of anilines is 1. The standard InChI is InChI=1S/C29H30Cl2N8O/c1-19-8-12-23(13-9-19)34-25(20-6-5-7-22(31)16-20)27-35-36-37-39(27)26(29(2,3)4)28(38-18-32-17-33-38)40-24-14-10-21(30)11-15-24/h5-18,25-26,28,34H,1-4H3/t25-,26+,28-/m1/s1. The molecule has 3 atom stereocenters. The van der Waals surface area contributed by atoms with Gasteiger partial charge in [0.15, 0.2) is 5.82 Å². The highest BCUT2D eigenvalue weighted by molar-refractivity contribution is 6.30. The van der Waals surface area contributed by atoms with Gasteiger partial charge < -0.3 is 10.1 Å². The second-order valence-corrected chi connectivity index (χ2v) is 11.5. The molecule has 0 unspecified atom stereocenters. The predicted octanol–water partition coefficient (Wildman–Crippen LogP) is 6.95. The van der Waals surface area contributed by atoms with Crippen molar-refractivity contribution in [3.63, 3.8) is 0 Å². The fourth-order valence-corrected chi connectivity index (χ4v) is 4.89. The zero-order chi connectivity index (χ0) is 28.3. The third-order valence-corrected chi connectivity index (χ3v) is 7.00. The first-order chi connectivity index (χ1) is 19.2. The van der Waals surface area contributed by atoms with Crippen molar-refractivity contribution in [3.8, 4) is 5.75 Å². The largest absolute Gasteiger partial charge is 0.466 e. The van der Waals surface area contributed by atoms with Crippen molar-refractivity contribution in [1.82, 2.24) is 35.0 Å². The number of benzene rings is 3. The number of tetrazole rings is 1. The first-order valence-corrected chi connectivity index (χ1v) is 13.6. The molecule has 0 bridgehead atoms. The molecular formula is C29H30Cl2N8O. The Morgan fingerprint density at radius 1 is 0.925 bits per heavy atom. The molecule has 0 aliphatic carbocycles. The molecule has 40 heavy (non-hydrogen) atoms. The molecule has 9 nitrogen and oxygen atoms in total. The number of ether oxygens (including phenoxy) is 1. The lowest BCUT2D eigenvalue weighted by atomic mass is 9.85. The Labute approximate surface area is 243 Å². The van der Waals surface area contributed by atoms with Crippen LogP contribution in [0.2, 0.25) is 10.0 Å². The summed E-state index contributed by atoms with van der Waals surface area (Å²) in [5, 5.41) is 22.5. The van der Waals surface area contributed by atoms with Gasteiger partial charge in [-0.05, 0) is 76.9 Å². The summed E-state index contributed by atoms with van der Waals surface area (Å²) in [4.78, 5) is 4.19. The van der Waals surface area contributed by atoms with Gasteiger partial charge in [-0.2, -0.15) is 5.10 Å². The van der Waals surface area contributed by atoms with Gasteiger partial charge in [-0.25, -0.2) is 14.3 Å².